The van der Waals surface area contributed by atoms with Crippen molar-refractivity contribution in [2.75, 3.05) is 19.6 Å². The number of hydrogen-bond acceptors (Lipinski definition) is 7. The highest BCUT2D eigenvalue weighted by atomic mass is 16.2. The molecule has 3 aliphatic carbocycles. The maximum atomic E-state index is 15.0. The summed E-state index contributed by atoms with van der Waals surface area (Å²) < 4.78 is 0. The van der Waals surface area contributed by atoms with Crippen molar-refractivity contribution in [2.24, 2.45) is 39.9 Å². The van der Waals surface area contributed by atoms with E-state index >= 15 is 0 Å². The number of rotatable bonds is 20. The zero-order valence-electron chi connectivity index (χ0n) is 37.1. The third kappa shape index (κ3) is 11.1. The monoisotopic (exact) mass is 823 g/mol. The predicted molar refractivity (Wildman–Crippen MR) is 226 cm³/mol. The molecule has 6 atom stereocenters. The van der Waals surface area contributed by atoms with E-state index in [0.717, 1.165) is 83.5 Å². The van der Waals surface area contributed by atoms with Gasteiger partial charge in [0, 0.05) is 32.5 Å². The van der Waals surface area contributed by atoms with Crippen LogP contribution in [0.4, 0.5) is 4.79 Å². The van der Waals surface area contributed by atoms with E-state index in [1.165, 1.54) is 11.0 Å². The second kappa shape index (κ2) is 19.3. The number of ketones is 1. The molecule has 0 aromatic carbocycles. The summed E-state index contributed by atoms with van der Waals surface area (Å²) in [6.07, 6.45) is 14.5. The average molecular weight is 823 g/mol. The first-order chi connectivity index (χ1) is 27.8. The second-order valence-electron chi connectivity index (χ2n) is 20.6. The normalized spacial score (nSPS) is 25.5. The molecule has 13 heteroatoms. The maximum absolute atomic E-state index is 15.0. The highest BCUT2D eigenvalue weighted by molar-refractivity contribution is 6.38. The number of fused-ring (bicyclic) bond motifs is 1. The quantitative estimate of drug-likeness (QED) is 0.0520. The van der Waals surface area contributed by atoms with Gasteiger partial charge in [-0.25, -0.2) is 4.79 Å². The number of hydrogen-bond donors (Lipinski definition) is 4. The zero-order chi connectivity index (χ0) is 43.3. The molecule has 2 heterocycles. The van der Waals surface area contributed by atoms with Crippen molar-refractivity contribution >= 4 is 41.4 Å². The van der Waals surface area contributed by atoms with Gasteiger partial charge >= 0.3 is 6.03 Å². The number of nitrogens with one attached hydrogen (secondary N) is 4. The van der Waals surface area contributed by atoms with Gasteiger partial charge in [0.25, 0.3) is 5.91 Å². The molecule has 13 nitrogen and oxygen atoms in total. The Labute approximate surface area is 352 Å². The second-order valence-corrected chi connectivity index (χ2v) is 20.6. The molecule has 0 aromatic heterocycles. The van der Waals surface area contributed by atoms with Gasteiger partial charge in [-0.05, 0) is 65.6 Å². The van der Waals surface area contributed by atoms with E-state index in [0.29, 0.717) is 13.0 Å². The molecule has 0 radical (unpaired) electrons. The lowest BCUT2D eigenvalue weighted by Crippen LogP contribution is -2.62. The highest BCUT2D eigenvalue weighted by Gasteiger charge is 2.70. The van der Waals surface area contributed by atoms with Crippen molar-refractivity contribution in [3.63, 3.8) is 0 Å². The van der Waals surface area contributed by atoms with E-state index in [2.05, 4.69) is 62.5 Å². The van der Waals surface area contributed by atoms with Gasteiger partial charge in [-0.3, -0.25) is 33.7 Å². The molecule has 0 bridgehead atoms. The average Bonchev–Trinajstić information content (AvgIpc) is 3.45. The summed E-state index contributed by atoms with van der Waals surface area (Å²) in [6.45, 7) is 18.4. The molecule has 5 fully saturated rings. The fraction of sp³-hybridized carbons (Fsp3) is 0.804. The number of amides is 7. The summed E-state index contributed by atoms with van der Waals surface area (Å²) in [5.74, 6) is -2.71. The number of carbonyl (C=O) groups excluding carboxylic acids is 7. The third-order valence-electron chi connectivity index (χ3n) is 14.6. The van der Waals surface area contributed by atoms with Crippen molar-refractivity contribution in [1.29, 1.82) is 0 Å². The van der Waals surface area contributed by atoms with Gasteiger partial charge in [0.05, 0.1) is 12.1 Å². The molecule has 7 amide bonds. The van der Waals surface area contributed by atoms with Crippen LogP contribution < -0.4 is 21.3 Å². The topological polar surface area (TPSA) is 174 Å². The zero-order valence-corrected chi connectivity index (χ0v) is 37.1. The van der Waals surface area contributed by atoms with Crippen LogP contribution in [0.2, 0.25) is 0 Å². The molecule has 5 rings (SSSR count). The van der Waals surface area contributed by atoms with Crippen molar-refractivity contribution in [3.8, 4) is 0 Å². The molecule has 4 N–H and O–H groups in total. The molecule has 0 aromatic rings. The predicted octanol–water partition coefficient (Wildman–Crippen LogP) is 5.80. The highest BCUT2D eigenvalue weighted by Crippen LogP contribution is 2.65. The molecule has 330 valence electrons. The molecule has 3 saturated carbocycles. The van der Waals surface area contributed by atoms with Crippen LogP contribution in [0, 0.1) is 39.9 Å². The number of urea groups is 1. The Morgan fingerprint density at radius 2 is 1.54 bits per heavy atom. The lowest BCUT2D eigenvalue weighted by Gasteiger charge is -2.42. The van der Waals surface area contributed by atoms with Crippen molar-refractivity contribution < 1.29 is 33.6 Å². The Hall–Kier alpha value is -3.77. The van der Waals surface area contributed by atoms with Crippen LogP contribution in [0.1, 0.15) is 151 Å². The van der Waals surface area contributed by atoms with Crippen LogP contribution in [0.3, 0.4) is 0 Å². The van der Waals surface area contributed by atoms with Gasteiger partial charge in [-0.1, -0.05) is 119 Å². The van der Waals surface area contributed by atoms with Crippen LogP contribution in [0.5, 0.6) is 0 Å². The molecular formula is C46H74N6O7. The number of piperidine rings is 2. The van der Waals surface area contributed by atoms with Crippen LogP contribution in [-0.4, -0.2) is 95.0 Å². The molecule has 2 saturated heterocycles. The van der Waals surface area contributed by atoms with Crippen LogP contribution >= 0.6 is 0 Å². The van der Waals surface area contributed by atoms with Crippen LogP contribution in [0.15, 0.2) is 12.7 Å². The van der Waals surface area contributed by atoms with E-state index in [9.17, 15) is 33.6 Å². The minimum atomic E-state index is -1.01. The van der Waals surface area contributed by atoms with E-state index in [1.807, 2.05) is 13.8 Å². The van der Waals surface area contributed by atoms with E-state index in [-0.39, 0.29) is 72.7 Å². The molecule has 59 heavy (non-hydrogen) atoms. The van der Waals surface area contributed by atoms with Gasteiger partial charge in [-0.2, -0.15) is 0 Å². The summed E-state index contributed by atoms with van der Waals surface area (Å²) in [5, 5.41) is 11.7. The Morgan fingerprint density at radius 1 is 0.881 bits per heavy atom. The van der Waals surface area contributed by atoms with Crippen molar-refractivity contribution in [2.45, 2.75) is 175 Å². The van der Waals surface area contributed by atoms with Gasteiger partial charge < -0.3 is 26.2 Å². The van der Waals surface area contributed by atoms with Crippen LogP contribution in [-0.2, 0) is 28.8 Å². The first kappa shape index (κ1) is 46.3. The SMILES string of the molecule is C=CCNC(=O)C(=O)C(CC1CCC1)NC(=O)[C@@H]1[C@@H]2[C@H](CN1C(=O)[C@@H](NC(=O)N[C@H](CN1C(=O)CC(C)(C)CC1=O)C(C)(C)CCCCCC)C1CCCCC1)C2(C)C. The van der Waals surface area contributed by atoms with Crippen LogP contribution in [0.25, 0.3) is 0 Å². The summed E-state index contributed by atoms with van der Waals surface area (Å²) in [7, 11) is 0. The first-order valence-electron chi connectivity index (χ1n) is 22.7. The fourth-order valence-electron chi connectivity index (χ4n) is 10.4. The largest absolute Gasteiger partial charge is 0.346 e. The molecule has 1 unspecified atom stereocenters. The van der Waals surface area contributed by atoms with Gasteiger partial charge in [0.2, 0.25) is 29.4 Å². The number of Topliss-reactive ketones (excluding diaryl/α,β-unsaturated/α-hetero) is 1. The summed E-state index contributed by atoms with van der Waals surface area (Å²) in [4.78, 5) is 99.6. The summed E-state index contributed by atoms with van der Waals surface area (Å²) >= 11 is 0. The molecule has 5 aliphatic rings. The van der Waals surface area contributed by atoms with Crippen molar-refractivity contribution in [1.82, 2.24) is 31.1 Å². The van der Waals surface area contributed by atoms with Gasteiger partial charge in [0.1, 0.15) is 12.1 Å². The Kier molecular flexibility index (Phi) is 15.1. The van der Waals surface area contributed by atoms with Crippen molar-refractivity contribution in [3.05, 3.63) is 12.7 Å². The molecule has 0 spiro atoms. The van der Waals surface area contributed by atoms with Gasteiger partial charge in [-0.15, -0.1) is 6.58 Å². The Morgan fingerprint density at radius 3 is 2.14 bits per heavy atom. The minimum Gasteiger partial charge on any atom is -0.346 e. The number of imide groups is 1. The fourth-order valence-corrected chi connectivity index (χ4v) is 10.4. The standard InChI is InChI=1S/C46H74N6O7/c1-9-11-12-16-22-45(5,6)33(28-51-34(53)25-44(3,4)26-35(51)54)49-43(59)50-37(30-20-14-13-15-21-30)42(58)52-27-31-36(46(31,7)8)38(52)40(56)48-32(24-29-18-17-19-29)39(55)41(57)47-23-10-2/h10,29-33,36-38H,2,9,11-28H2,1,3-8H3,(H,47,57)(H,48,56)(H2,49,50,59)/t31-,32?,33+,36-,37-,38-/m0/s1. The maximum Gasteiger partial charge on any atom is 0.315 e. The number of unbranched alkanes of at least 4 members (excludes halogenated alkanes) is 3. The first-order valence-corrected chi connectivity index (χ1v) is 22.7. The minimum absolute atomic E-state index is 0.0448. The lowest BCUT2D eigenvalue weighted by atomic mass is 9.77. The summed E-state index contributed by atoms with van der Waals surface area (Å²) in [5.41, 5.74) is -1.11. The van der Waals surface area contributed by atoms with E-state index in [1.54, 1.807) is 4.90 Å². The number of likely N-dealkylation sites (tertiary alicyclic amines) is 2. The molecular weight excluding hydrogens is 749 g/mol. The van der Waals surface area contributed by atoms with Gasteiger partial charge in [0.15, 0.2) is 0 Å². The summed E-state index contributed by atoms with van der Waals surface area (Å²) in [6, 6.07) is -3.90. The number of carbonyl (C=O) groups is 7. The molecule has 2 aliphatic heterocycles. The number of nitrogens with zero attached hydrogens (tertiary/aromatic N) is 2. The Bertz CT molecular complexity index is 1580. The Balaban J connectivity index is 1.37. The van der Waals surface area contributed by atoms with E-state index < -0.39 is 58.6 Å². The third-order valence-corrected chi connectivity index (χ3v) is 14.6. The lowest BCUT2D eigenvalue weighted by molar-refractivity contribution is -0.153. The van der Waals surface area contributed by atoms with E-state index in [4.69, 9.17) is 0 Å². The smallest absolute Gasteiger partial charge is 0.315 e.